The summed E-state index contributed by atoms with van der Waals surface area (Å²) in [4.78, 5) is 2.58. The van der Waals surface area contributed by atoms with Gasteiger partial charge in [0.1, 0.15) is 0 Å². The lowest BCUT2D eigenvalue weighted by molar-refractivity contribution is 0.169. The van der Waals surface area contributed by atoms with Crippen molar-refractivity contribution in [3.8, 4) is 0 Å². The van der Waals surface area contributed by atoms with Gasteiger partial charge in [-0.2, -0.15) is 0 Å². The van der Waals surface area contributed by atoms with Gasteiger partial charge in [0.15, 0.2) is 0 Å². The first-order valence-corrected chi connectivity index (χ1v) is 6.81. The molecule has 1 heterocycles. The van der Waals surface area contributed by atoms with Crippen molar-refractivity contribution in [1.82, 2.24) is 10.2 Å². The lowest BCUT2D eigenvalue weighted by atomic mass is 10.0. The molecule has 2 rings (SSSR count). The van der Waals surface area contributed by atoms with E-state index in [9.17, 15) is 0 Å². The summed E-state index contributed by atoms with van der Waals surface area (Å²) in [5.41, 5.74) is 1.44. The first-order valence-electron chi connectivity index (χ1n) is 6.01. The fourth-order valence-corrected chi connectivity index (χ4v) is 2.65. The van der Waals surface area contributed by atoms with Gasteiger partial charge in [0.2, 0.25) is 0 Å². The fourth-order valence-electron chi connectivity index (χ4n) is 2.38. The third kappa shape index (κ3) is 4.71. The maximum absolute atomic E-state index is 3.49. The molecule has 1 aromatic carbocycles. The van der Waals surface area contributed by atoms with Gasteiger partial charge in [-0.15, -0.1) is 24.8 Å². The zero-order valence-corrected chi connectivity index (χ0v) is 13.8. The van der Waals surface area contributed by atoms with Gasteiger partial charge in [-0.05, 0) is 24.1 Å². The molecule has 0 aliphatic carbocycles. The smallest absolute Gasteiger partial charge is 0.0346 e. The highest BCUT2D eigenvalue weighted by molar-refractivity contribution is 9.10. The number of hydrogen-bond donors (Lipinski definition) is 1. The van der Waals surface area contributed by atoms with E-state index in [0.29, 0.717) is 6.04 Å². The highest BCUT2D eigenvalue weighted by atomic mass is 79.9. The summed E-state index contributed by atoms with van der Waals surface area (Å²) in [5, 5.41) is 3.41. The Morgan fingerprint density at radius 1 is 1.17 bits per heavy atom. The minimum atomic E-state index is 0. The third-order valence-corrected chi connectivity index (χ3v) is 3.76. The lowest BCUT2D eigenvalue weighted by Gasteiger charge is -2.34. The van der Waals surface area contributed by atoms with Crippen molar-refractivity contribution < 1.29 is 0 Å². The van der Waals surface area contributed by atoms with Crippen LogP contribution in [0.3, 0.4) is 0 Å². The highest BCUT2D eigenvalue weighted by Gasteiger charge is 2.19. The third-order valence-electron chi connectivity index (χ3n) is 3.23. The van der Waals surface area contributed by atoms with Gasteiger partial charge in [0.25, 0.3) is 0 Å². The first-order chi connectivity index (χ1) is 7.81. The number of rotatable bonds is 3. The van der Waals surface area contributed by atoms with E-state index >= 15 is 0 Å². The molecular weight excluding hydrogens is 335 g/mol. The zero-order valence-electron chi connectivity index (χ0n) is 10.6. The summed E-state index contributed by atoms with van der Waals surface area (Å²) in [5.74, 6) is 0. The van der Waals surface area contributed by atoms with Crippen molar-refractivity contribution >= 4 is 40.7 Å². The van der Waals surface area contributed by atoms with Gasteiger partial charge in [-0.3, -0.25) is 4.90 Å². The lowest BCUT2D eigenvalue weighted by Crippen LogP contribution is -2.45. The minimum absolute atomic E-state index is 0. The SMILES string of the molecule is CCC(c1ccc(Br)cc1)N1CCNCC1.Cl.Cl. The number of nitrogens with zero attached hydrogens (tertiary/aromatic N) is 1. The van der Waals surface area contributed by atoms with E-state index < -0.39 is 0 Å². The average Bonchev–Trinajstić information content (AvgIpc) is 2.34. The van der Waals surface area contributed by atoms with E-state index in [1.54, 1.807) is 0 Å². The maximum atomic E-state index is 3.49. The molecule has 0 saturated carbocycles. The largest absolute Gasteiger partial charge is 0.314 e. The first kappa shape index (κ1) is 18.2. The van der Waals surface area contributed by atoms with Crippen molar-refractivity contribution in [1.29, 1.82) is 0 Å². The normalized spacial score (nSPS) is 17.4. The van der Waals surface area contributed by atoms with Crippen LogP contribution in [-0.2, 0) is 0 Å². The van der Waals surface area contributed by atoms with E-state index in [2.05, 4.69) is 57.3 Å². The van der Waals surface area contributed by atoms with Crippen LogP contribution in [-0.4, -0.2) is 31.1 Å². The van der Waals surface area contributed by atoms with Crippen molar-refractivity contribution in [3.05, 3.63) is 34.3 Å². The maximum Gasteiger partial charge on any atom is 0.0346 e. The standard InChI is InChI=1S/C13H19BrN2.2ClH/c1-2-13(16-9-7-15-8-10-16)11-3-5-12(14)6-4-11;;/h3-6,13,15H,2,7-10H2,1H3;2*1H. The molecule has 0 spiro atoms. The zero-order chi connectivity index (χ0) is 11.4. The topological polar surface area (TPSA) is 15.3 Å². The Morgan fingerprint density at radius 2 is 1.72 bits per heavy atom. The average molecular weight is 356 g/mol. The van der Waals surface area contributed by atoms with Crippen molar-refractivity contribution in [2.75, 3.05) is 26.2 Å². The number of nitrogens with one attached hydrogen (secondary N) is 1. The summed E-state index contributed by atoms with van der Waals surface area (Å²) in [6.07, 6.45) is 1.18. The summed E-state index contributed by atoms with van der Waals surface area (Å²) < 4.78 is 1.16. The van der Waals surface area contributed by atoms with Crippen LogP contribution in [0.1, 0.15) is 24.9 Å². The van der Waals surface area contributed by atoms with Crippen LogP contribution in [0, 0.1) is 0 Å². The van der Waals surface area contributed by atoms with E-state index in [1.807, 2.05) is 0 Å². The van der Waals surface area contributed by atoms with Crippen molar-refractivity contribution in [3.63, 3.8) is 0 Å². The predicted molar refractivity (Wildman–Crippen MR) is 86.1 cm³/mol. The van der Waals surface area contributed by atoms with Gasteiger partial charge in [0.05, 0.1) is 0 Å². The highest BCUT2D eigenvalue weighted by Crippen LogP contribution is 2.25. The number of piperazine rings is 1. The van der Waals surface area contributed by atoms with Crippen molar-refractivity contribution in [2.45, 2.75) is 19.4 Å². The molecule has 1 aromatic rings. The molecule has 0 bridgehead atoms. The molecule has 2 nitrogen and oxygen atoms in total. The molecule has 18 heavy (non-hydrogen) atoms. The molecule has 1 aliphatic rings. The molecule has 1 aliphatic heterocycles. The molecule has 0 amide bonds. The number of hydrogen-bond acceptors (Lipinski definition) is 2. The summed E-state index contributed by atoms with van der Waals surface area (Å²) in [6.45, 7) is 6.83. The van der Waals surface area contributed by atoms with Gasteiger partial charge in [-0.1, -0.05) is 35.0 Å². The Labute approximate surface area is 130 Å². The quantitative estimate of drug-likeness (QED) is 0.890. The predicted octanol–water partition coefficient (Wildman–Crippen LogP) is 3.65. The van der Waals surface area contributed by atoms with Gasteiger partial charge in [-0.25, -0.2) is 0 Å². The Kier molecular flexibility index (Phi) is 9.26. The molecule has 1 N–H and O–H groups in total. The van der Waals surface area contributed by atoms with Gasteiger partial charge >= 0.3 is 0 Å². The molecule has 1 unspecified atom stereocenters. The second-order valence-corrected chi connectivity index (χ2v) is 5.18. The monoisotopic (exact) mass is 354 g/mol. The molecule has 0 radical (unpaired) electrons. The Bertz CT molecular complexity index is 326. The van der Waals surface area contributed by atoms with E-state index in [-0.39, 0.29) is 24.8 Å². The molecule has 5 heteroatoms. The van der Waals surface area contributed by atoms with E-state index in [0.717, 1.165) is 30.7 Å². The molecular formula is C13H21BrCl2N2. The fraction of sp³-hybridized carbons (Fsp3) is 0.538. The van der Waals surface area contributed by atoms with Crippen LogP contribution < -0.4 is 5.32 Å². The summed E-state index contributed by atoms with van der Waals surface area (Å²) >= 11 is 3.49. The molecule has 0 aromatic heterocycles. The van der Waals surface area contributed by atoms with Crippen LogP contribution in [0.2, 0.25) is 0 Å². The molecule has 1 atom stereocenters. The summed E-state index contributed by atoms with van der Waals surface area (Å²) in [7, 11) is 0. The van der Waals surface area contributed by atoms with Gasteiger partial charge < -0.3 is 5.32 Å². The second-order valence-electron chi connectivity index (χ2n) is 4.26. The van der Waals surface area contributed by atoms with Crippen LogP contribution in [0.5, 0.6) is 0 Å². The molecule has 104 valence electrons. The van der Waals surface area contributed by atoms with Crippen LogP contribution in [0.25, 0.3) is 0 Å². The van der Waals surface area contributed by atoms with Crippen LogP contribution in [0.15, 0.2) is 28.7 Å². The Morgan fingerprint density at radius 3 is 2.22 bits per heavy atom. The number of benzene rings is 1. The minimum Gasteiger partial charge on any atom is -0.314 e. The van der Waals surface area contributed by atoms with Crippen LogP contribution >= 0.6 is 40.7 Å². The Hall–Kier alpha value is 0.200. The van der Waals surface area contributed by atoms with Gasteiger partial charge in [0, 0.05) is 36.7 Å². The summed E-state index contributed by atoms with van der Waals surface area (Å²) in [6, 6.07) is 9.33. The van der Waals surface area contributed by atoms with E-state index in [4.69, 9.17) is 0 Å². The number of halogens is 3. The molecule has 1 fully saturated rings. The molecule has 1 saturated heterocycles. The van der Waals surface area contributed by atoms with Crippen LogP contribution in [0.4, 0.5) is 0 Å². The second kappa shape index (κ2) is 9.16. The Balaban J connectivity index is 0.00000144. The van der Waals surface area contributed by atoms with Crippen molar-refractivity contribution in [2.24, 2.45) is 0 Å². The van der Waals surface area contributed by atoms with E-state index in [1.165, 1.54) is 12.0 Å².